The van der Waals surface area contributed by atoms with Crippen LogP contribution in [-0.2, 0) is 4.79 Å². The normalized spacial score (nSPS) is 17.5. The van der Waals surface area contributed by atoms with E-state index in [0.717, 1.165) is 22.5 Å². The van der Waals surface area contributed by atoms with Crippen LogP contribution in [0.2, 0.25) is 0 Å². The molecule has 1 fully saturated rings. The molecule has 30 heavy (non-hydrogen) atoms. The molecule has 1 saturated heterocycles. The monoisotopic (exact) mass is 414 g/mol. The van der Waals surface area contributed by atoms with Gasteiger partial charge >= 0.3 is 0 Å². The molecule has 4 rings (SSSR count). The number of anilines is 1. The summed E-state index contributed by atoms with van der Waals surface area (Å²) in [5.41, 5.74) is 4.43. The van der Waals surface area contributed by atoms with Gasteiger partial charge in [-0.15, -0.1) is 0 Å². The van der Waals surface area contributed by atoms with E-state index in [1.54, 1.807) is 17.0 Å². The van der Waals surface area contributed by atoms with Crippen LogP contribution < -0.4 is 4.90 Å². The van der Waals surface area contributed by atoms with Crippen molar-refractivity contribution in [3.8, 4) is 0 Å². The van der Waals surface area contributed by atoms with E-state index < -0.39 is 5.25 Å². The molecule has 1 amide bonds. The molecule has 1 aliphatic rings. The number of benzene rings is 3. The van der Waals surface area contributed by atoms with E-state index in [2.05, 4.69) is 0 Å². The number of aliphatic imine (C=N–C) groups is 1. The quantitative estimate of drug-likeness (QED) is 0.502. The van der Waals surface area contributed by atoms with E-state index in [1.807, 2.05) is 80.6 Å². The van der Waals surface area contributed by atoms with Crippen LogP contribution in [0.3, 0.4) is 0 Å². The predicted octanol–water partition coefficient (Wildman–Crippen LogP) is 5.71. The van der Waals surface area contributed by atoms with Crippen molar-refractivity contribution in [2.24, 2.45) is 4.99 Å². The molecular formula is C25H22N2O2S. The maximum atomic E-state index is 13.3. The molecule has 150 valence electrons. The molecule has 3 aromatic carbocycles. The molecule has 4 nitrogen and oxygen atoms in total. The summed E-state index contributed by atoms with van der Waals surface area (Å²) in [6.45, 7) is 4.03. The van der Waals surface area contributed by atoms with Crippen LogP contribution in [0.4, 0.5) is 11.4 Å². The summed E-state index contributed by atoms with van der Waals surface area (Å²) in [4.78, 5) is 32.4. The van der Waals surface area contributed by atoms with Gasteiger partial charge in [-0.2, -0.15) is 0 Å². The van der Waals surface area contributed by atoms with E-state index in [4.69, 9.17) is 4.99 Å². The van der Waals surface area contributed by atoms with Gasteiger partial charge in [-0.05, 0) is 38.1 Å². The molecule has 1 heterocycles. The highest BCUT2D eigenvalue weighted by molar-refractivity contribution is 8.16. The topological polar surface area (TPSA) is 49.7 Å². The Hall–Kier alpha value is -3.18. The number of hydrogen-bond donors (Lipinski definition) is 0. The lowest BCUT2D eigenvalue weighted by molar-refractivity contribution is -0.116. The second kappa shape index (κ2) is 8.67. The van der Waals surface area contributed by atoms with Gasteiger partial charge in [-0.3, -0.25) is 14.5 Å². The van der Waals surface area contributed by atoms with Crippen LogP contribution in [0.5, 0.6) is 0 Å². The van der Waals surface area contributed by atoms with Gasteiger partial charge in [-0.25, -0.2) is 4.99 Å². The Morgan fingerprint density at radius 3 is 2.13 bits per heavy atom. The van der Waals surface area contributed by atoms with Gasteiger partial charge < -0.3 is 0 Å². The average molecular weight is 415 g/mol. The van der Waals surface area contributed by atoms with Crippen LogP contribution in [0.25, 0.3) is 0 Å². The van der Waals surface area contributed by atoms with Crippen molar-refractivity contribution < 1.29 is 9.59 Å². The SMILES string of the molecule is Cc1ccc(N=C2SC(CC(=O)c3ccccc3)C(=O)N2c2ccc(C)cc2)cc1. The fraction of sp³-hybridized carbons (Fsp3) is 0.160. The Kier molecular flexibility index (Phi) is 5.81. The molecule has 0 aliphatic carbocycles. The van der Waals surface area contributed by atoms with E-state index >= 15 is 0 Å². The summed E-state index contributed by atoms with van der Waals surface area (Å²) >= 11 is 1.35. The number of ketones is 1. The first-order valence-electron chi connectivity index (χ1n) is 9.82. The van der Waals surface area contributed by atoms with Crippen LogP contribution in [0.1, 0.15) is 27.9 Å². The number of amidine groups is 1. The third kappa shape index (κ3) is 4.36. The lowest BCUT2D eigenvalue weighted by atomic mass is 10.1. The fourth-order valence-electron chi connectivity index (χ4n) is 3.25. The zero-order valence-electron chi connectivity index (χ0n) is 16.9. The highest BCUT2D eigenvalue weighted by atomic mass is 32.2. The fourth-order valence-corrected chi connectivity index (χ4v) is 4.40. The van der Waals surface area contributed by atoms with Crippen molar-refractivity contribution in [2.45, 2.75) is 25.5 Å². The molecule has 1 aliphatic heterocycles. The number of thioether (sulfide) groups is 1. The second-order valence-electron chi connectivity index (χ2n) is 7.34. The Morgan fingerprint density at radius 1 is 0.900 bits per heavy atom. The number of aryl methyl sites for hydroxylation is 2. The van der Waals surface area contributed by atoms with Gasteiger partial charge in [0.05, 0.1) is 16.6 Å². The smallest absolute Gasteiger partial charge is 0.247 e. The summed E-state index contributed by atoms with van der Waals surface area (Å²) in [7, 11) is 0. The summed E-state index contributed by atoms with van der Waals surface area (Å²) in [5.74, 6) is -0.152. The Morgan fingerprint density at radius 2 is 1.50 bits per heavy atom. The maximum Gasteiger partial charge on any atom is 0.247 e. The third-order valence-electron chi connectivity index (χ3n) is 4.95. The van der Waals surface area contributed by atoms with Gasteiger partial charge in [-0.1, -0.05) is 77.5 Å². The lowest BCUT2D eigenvalue weighted by Gasteiger charge is -2.17. The van der Waals surface area contributed by atoms with E-state index in [-0.39, 0.29) is 18.1 Å². The van der Waals surface area contributed by atoms with E-state index in [9.17, 15) is 9.59 Å². The summed E-state index contributed by atoms with van der Waals surface area (Å²) in [5, 5.41) is 0.0989. The first-order valence-corrected chi connectivity index (χ1v) is 10.7. The number of nitrogens with zero attached hydrogens (tertiary/aromatic N) is 2. The summed E-state index contributed by atoms with van der Waals surface area (Å²) in [6.07, 6.45) is 0.142. The van der Waals surface area contributed by atoms with Crippen molar-refractivity contribution in [3.63, 3.8) is 0 Å². The van der Waals surface area contributed by atoms with Gasteiger partial charge in [0.1, 0.15) is 0 Å². The van der Waals surface area contributed by atoms with Crippen LogP contribution in [0.15, 0.2) is 83.9 Å². The first-order chi connectivity index (χ1) is 14.5. The second-order valence-corrected chi connectivity index (χ2v) is 8.51. The number of carbonyl (C=O) groups is 2. The van der Waals surface area contributed by atoms with Gasteiger partial charge in [0.15, 0.2) is 11.0 Å². The summed E-state index contributed by atoms with van der Waals surface area (Å²) in [6, 6.07) is 24.7. The minimum Gasteiger partial charge on any atom is -0.294 e. The molecule has 3 aromatic rings. The molecule has 0 N–H and O–H groups in total. The van der Waals surface area contributed by atoms with Gasteiger partial charge in [0, 0.05) is 12.0 Å². The maximum absolute atomic E-state index is 13.3. The molecule has 0 spiro atoms. The molecule has 0 saturated carbocycles. The molecule has 1 atom stereocenters. The van der Waals surface area contributed by atoms with Crippen LogP contribution in [-0.4, -0.2) is 22.1 Å². The Bertz CT molecular complexity index is 1090. The van der Waals surface area contributed by atoms with E-state index in [0.29, 0.717) is 10.7 Å². The Labute approximate surface area is 180 Å². The summed E-state index contributed by atoms with van der Waals surface area (Å²) < 4.78 is 0. The van der Waals surface area contributed by atoms with Crippen LogP contribution in [0, 0.1) is 13.8 Å². The largest absolute Gasteiger partial charge is 0.294 e. The number of amides is 1. The number of hydrogen-bond acceptors (Lipinski definition) is 4. The van der Waals surface area contributed by atoms with Crippen molar-refractivity contribution in [2.75, 3.05) is 4.90 Å². The first kappa shape index (κ1) is 20.1. The standard InChI is InChI=1S/C25H22N2O2S/c1-17-8-12-20(13-9-17)26-25-27(21-14-10-18(2)11-15-21)24(29)23(30-25)16-22(28)19-6-4-3-5-7-19/h3-15,23H,16H2,1-2H3. The van der Waals surface area contributed by atoms with Crippen molar-refractivity contribution in [1.29, 1.82) is 0 Å². The van der Waals surface area contributed by atoms with Gasteiger partial charge in [0.2, 0.25) is 5.91 Å². The highest BCUT2D eigenvalue weighted by Gasteiger charge is 2.40. The predicted molar refractivity (Wildman–Crippen MR) is 124 cm³/mol. The lowest BCUT2D eigenvalue weighted by Crippen LogP contribution is -2.32. The zero-order valence-corrected chi connectivity index (χ0v) is 17.7. The van der Waals surface area contributed by atoms with Crippen molar-refractivity contribution in [3.05, 3.63) is 95.6 Å². The number of carbonyl (C=O) groups excluding carboxylic acids is 2. The molecule has 1 unspecified atom stereocenters. The molecule has 0 aromatic heterocycles. The molecule has 5 heteroatoms. The van der Waals surface area contributed by atoms with Crippen molar-refractivity contribution >= 4 is 40.0 Å². The minimum absolute atomic E-state index is 0.0399. The number of rotatable bonds is 5. The van der Waals surface area contributed by atoms with E-state index in [1.165, 1.54) is 11.8 Å². The third-order valence-corrected chi connectivity index (χ3v) is 6.09. The Balaban J connectivity index is 1.66. The molecule has 0 bridgehead atoms. The average Bonchev–Trinajstić information content (AvgIpc) is 3.05. The van der Waals surface area contributed by atoms with Gasteiger partial charge in [0.25, 0.3) is 0 Å². The number of Topliss-reactive ketones (excluding diaryl/α,β-unsaturated/α-hetero) is 1. The van der Waals surface area contributed by atoms with Crippen LogP contribution >= 0.6 is 11.8 Å². The molecular weight excluding hydrogens is 392 g/mol. The minimum atomic E-state index is -0.497. The highest BCUT2D eigenvalue weighted by Crippen LogP contribution is 2.36. The zero-order chi connectivity index (χ0) is 21.1. The molecule has 0 radical (unpaired) electrons. The van der Waals surface area contributed by atoms with Crippen molar-refractivity contribution in [1.82, 2.24) is 0 Å².